The van der Waals surface area contributed by atoms with Crippen LogP contribution in [-0.2, 0) is 17.1 Å². The molecule has 0 bridgehead atoms. The molecule has 2 heterocycles. The smallest absolute Gasteiger partial charge is 0.268 e. The molecule has 0 saturated carbocycles. The molecule has 0 N–H and O–H groups in total. The summed E-state index contributed by atoms with van der Waals surface area (Å²) in [7, 11) is 0. The van der Waals surface area contributed by atoms with Crippen molar-refractivity contribution in [1.82, 2.24) is 9.88 Å². The second-order valence-electron chi connectivity index (χ2n) is 6.55. The first-order chi connectivity index (χ1) is 15.3. The summed E-state index contributed by atoms with van der Waals surface area (Å²) in [5.74, 6) is 0.310. The van der Waals surface area contributed by atoms with E-state index in [4.69, 9.17) is 46.4 Å². The van der Waals surface area contributed by atoms with Crippen LogP contribution in [0.15, 0.2) is 51.7 Å². The van der Waals surface area contributed by atoms with Gasteiger partial charge in [-0.25, -0.2) is 4.98 Å². The molecular formula is C21H12Cl4N2O2S3. The Morgan fingerprint density at radius 3 is 2.44 bits per heavy atom. The molecule has 1 saturated heterocycles. The van der Waals surface area contributed by atoms with Gasteiger partial charge in [0, 0.05) is 20.8 Å². The standard InChI is InChI=1S/C21H12Cl4N2O2S3/c22-13-4-1-11(2-5-13)10-30-20-26-18(25)16(31-20)8-17-19(28)27(21(29)32-17)9-12-3-6-14(23)7-15(12)24/h1-8H,9-10H2. The van der Waals surface area contributed by atoms with Gasteiger partial charge in [-0.1, -0.05) is 76.4 Å². The third kappa shape index (κ3) is 5.65. The normalized spacial score (nSPS) is 15.2. The zero-order valence-electron chi connectivity index (χ0n) is 16.0. The minimum Gasteiger partial charge on any atom is -0.268 e. The topological polar surface area (TPSA) is 50.3 Å². The number of thiazole rings is 1. The van der Waals surface area contributed by atoms with Crippen molar-refractivity contribution < 1.29 is 9.59 Å². The Hall–Kier alpha value is -1.19. The summed E-state index contributed by atoms with van der Waals surface area (Å²) in [6.07, 6.45) is 1.61. The number of aromatic nitrogens is 1. The van der Waals surface area contributed by atoms with E-state index in [0.29, 0.717) is 41.3 Å². The van der Waals surface area contributed by atoms with Crippen molar-refractivity contribution in [2.45, 2.75) is 16.6 Å². The Kier molecular flexibility index (Phi) is 7.77. The van der Waals surface area contributed by atoms with Crippen molar-refractivity contribution in [2.24, 2.45) is 0 Å². The number of hydrogen-bond donors (Lipinski definition) is 0. The first-order valence-corrected chi connectivity index (χ1v) is 13.2. The summed E-state index contributed by atoms with van der Waals surface area (Å²) in [4.78, 5) is 31.7. The first-order valence-electron chi connectivity index (χ1n) is 9.03. The lowest BCUT2D eigenvalue weighted by Gasteiger charge is -2.13. The van der Waals surface area contributed by atoms with Gasteiger partial charge in [-0.15, -0.1) is 11.3 Å². The summed E-state index contributed by atoms with van der Waals surface area (Å²) in [5.41, 5.74) is 1.74. The molecule has 4 nitrogen and oxygen atoms in total. The highest BCUT2D eigenvalue weighted by Crippen LogP contribution is 2.38. The SMILES string of the molecule is O=C1SC(=Cc2sc(SCc3ccc(Cl)cc3)nc2Cl)C(=O)N1Cc1ccc(Cl)cc1Cl. The molecule has 0 atom stereocenters. The Morgan fingerprint density at radius 1 is 1.00 bits per heavy atom. The monoisotopic (exact) mass is 560 g/mol. The highest BCUT2D eigenvalue weighted by molar-refractivity contribution is 8.18. The molecule has 11 heteroatoms. The largest absolute Gasteiger partial charge is 0.293 e. The van der Waals surface area contributed by atoms with Gasteiger partial charge in [0.1, 0.15) is 5.15 Å². The minimum absolute atomic E-state index is 0.0661. The van der Waals surface area contributed by atoms with E-state index in [0.717, 1.165) is 26.6 Å². The number of carbonyl (C=O) groups is 2. The van der Waals surface area contributed by atoms with Crippen molar-refractivity contribution in [2.75, 3.05) is 0 Å². The van der Waals surface area contributed by atoms with E-state index in [1.807, 2.05) is 24.3 Å². The van der Waals surface area contributed by atoms with Crippen LogP contribution in [0.2, 0.25) is 20.2 Å². The van der Waals surface area contributed by atoms with Crippen LogP contribution in [0, 0.1) is 0 Å². The second-order valence-corrected chi connectivity index (χ2v) is 11.4. The average Bonchev–Trinajstić information content (AvgIpc) is 3.23. The summed E-state index contributed by atoms with van der Waals surface area (Å²) >= 11 is 28.1. The fourth-order valence-electron chi connectivity index (χ4n) is 2.75. The number of rotatable bonds is 6. The van der Waals surface area contributed by atoms with Crippen LogP contribution in [-0.4, -0.2) is 21.0 Å². The van der Waals surface area contributed by atoms with Crippen LogP contribution in [0.3, 0.4) is 0 Å². The van der Waals surface area contributed by atoms with Crippen LogP contribution in [0.4, 0.5) is 4.79 Å². The van der Waals surface area contributed by atoms with Crippen molar-refractivity contribution in [1.29, 1.82) is 0 Å². The van der Waals surface area contributed by atoms with E-state index in [9.17, 15) is 9.59 Å². The molecular weight excluding hydrogens is 550 g/mol. The van der Waals surface area contributed by atoms with E-state index in [2.05, 4.69) is 4.98 Å². The van der Waals surface area contributed by atoms with Crippen molar-refractivity contribution in [3.63, 3.8) is 0 Å². The van der Waals surface area contributed by atoms with Gasteiger partial charge in [-0.2, -0.15) is 0 Å². The van der Waals surface area contributed by atoms with Gasteiger partial charge in [0.05, 0.1) is 16.3 Å². The third-order valence-electron chi connectivity index (χ3n) is 4.34. The van der Waals surface area contributed by atoms with Crippen molar-refractivity contribution in [3.05, 3.63) is 83.6 Å². The summed E-state index contributed by atoms with van der Waals surface area (Å²) in [6, 6.07) is 12.5. The lowest BCUT2D eigenvalue weighted by molar-refractivity contribution is -0.123. The molecule has 0 radical (unpaired) electrons. The molecule has 0 aliphatic carbocycles. The van der Waals surface area contributed by atoms with Gasteiger partial charge >= 0.3 is 0 Å². The van der Waals surface area contributed by atoms with Gasteiger partial charge in [0.15, 0.2) is 4.34 Å². The Labute approximate surface area is 216 Å². The lowest BCUT2D eigenvalue weighted by Crippen LogP contribution is -2.27. The molecule has 32 heavy (non-hydrogen) atoms. The maximum absolute atomic E-state index is 12.8. The molecule has 2 amide bonds. The lowest BCUT2D eigenvalue weighted by atomic mass is 10.2. The number of amides is 2. The third-order valence-corrected chi connectivity index (χ3v) is 8.71. The van der Waals surface area contributed by atoms with Gasteiger partial charge in [0.25, 0.3) is 11.1 Å². The number of nitrogens with zero attached hydrogens (tertiary/aromatic N) is 2. The van der Waals surface area contributed by atoms with Crippen LogP contribution in [0.5, 0.6) is 0 Å². The highest BCUT2D eigenvalue weighted by atomic mass is 35.5. The molecule has 1 aromatic heterocycles. The summed E-state index contributed by atoms with van der Waals surface area (Å²) < 4.78 is 0.767. The van der Waals surface area contributed by atoms with E-state index < -0.39 is 5.91 Å². The quantitative estimate of drug-likeness (QED) is 0.224. The molecule has 1 aliphatic heterocycles. The molecule has 3 aromatic rings. The van der Waals surface area contributed by atoms with Gasteiger partial charge in [-0.05, 0) is 53.2 Å². The Morgan fingerprint density at radius 2 is 1.72 bits per heavy atom. The highest BCUT2D eigenvalue weighted by Gasteiger charge is 2.35. The average molecular weight is 562 g/mol. The molecule has 0 spiro atoms. The number of thioether (sulfide) groups is 2. The zero-order valence-corrected chi connectivity index (χ0v) is 21.5. The second kappa shape index (κ2) is 10.4. The summed E-state index contributed by atoms with van der Waals surface area (Å²) in [6.45, 7) is 0.0661. The zero-order chi connectivity index (χ0) is 22.8. The van der Waals surface area contributed by atoms with Crippen LogP contribution in [0.1, 0.15) is 16.0 Å². The summed E-state index contributed by atoms with van der Waals surface area (Å²) in [5, 5.41) is 1.49. The van der Waals surface area contributed by atoms with Crippen molar-refractivity contribution >= 4 is 98.5 Å². The Balaban J connectivity index is 1.47. The van der Waals surface area contributed by atoms with Crippen LogP contribution >= 0.6 is 81.3 Å². The molecule has 1 aliphatic rings. The van der Waals surface area contributed by atoms with Gasteiger partial charge < -0.3 is 0 Å². The number of halogens is 4. The number of benzene rings is 2. The van der Waals surface area contributed by atoms with E-state index in [1.54, 1.807) is 24.3 Å². The fourth-order valence-corrected chi connectivity index (χ4v) is 6.54. The maximum Gasteiger partial charge on any atom is 0.293 e. The van der Waals surface area contributed by atoms with E-state index in [1.165, 1.54) is 23.1 Å². The predicted octanol–water partition coefficient (Wildman–Crippen LogP) is 8.29. The van der Waals surface area contributed by atoms with Crippen molar-refractivity contribution in [3.8, 4) is 0 Å². The van der Waals surface area contributed by atoms with E-state index in [-0.39, 0.29) is 11.8 Å². The first kappa shape index (κ1) is 24.0. The van der Waals surface area contributed by atoms with Crippen LogP contribution < -0.4 is 0 Å². The number of carbonyl (C=O) groups excluding carboxylic acids is 2. The predicted molar refractivity (Wildman–Crippen MR) is 136 cm³/mol. The Bertz CT molecular complexity index is 1230. The molecule has 0 unspecified atom stereocenters. The maximum atomic E-state index is 12.8. The number of imide groups is 1. The molecule has 4 rings (SSSR count). The fraction of sp³-hybridized carbons (Fsp3) is 0.0952. The van der Waals surface area contributed by atoms with Crippen LogP contribution in [0.25, 0.3) is 6.08 Å². The van der Waals surface area contributed by atoms with E-state index >= 15 is 0 Å². The number of hydrogen-bond acceptors (Lipinski definition) is 6. The molecule has 164 valence electrons. The van der Waals surface area contributed by atoms with Gasteiger partial charge in [0.2, 0.25) is 0 Å². The minimum atomic E-state index is -0.397. The molecule has 1 fully saturated rings. The van der Waals surface area contributed by atoms with Gasteiger partial charge in [-0.3, -0.25) is 14.5 Å². The molecule has 2 aromatic carbocycles.